The molecule has 0 aliphatic rings. The molecule has 7 nitrogen and oxygen atoms in total. The van der Waals surface area contributed by atoms with Gasteiger partial charge in [-0.3, -0.25) is 14.9 Å². The second-order valence-electron chi connectivity index (χ2n) is 7.47. The summed E-state index contributed by atoms with van der Waals surface area (Å²) in [6.45, 7) is 1.23. The fourth-order valence-corrected chi connectivity index (χ4v) is 3.44. The minimum Gasteiger partial charge on any atom is -0.490 e. The highest BCUT2D eigenvalue weighted by Gasteiger charge is 2.15. The maximum absolute atomic E-state index is 12.9. The van der Waals surface area contributed by atoms with Gasteiger partial charge in [-0.05, 0) is 48.1 Å². The summed E-state index contributed by atoms with van der Waals surface area (Å²) in [6.07, 6.45) is 0. The minimum atomic E-state index is -0.402. The number of nitrogens with zero attached hydrogens (tertiary/aromatic N) is 1. The number of para-hydroxylation sites is 1. The maximum atomic E-state index is 12.9. The molecule has 0 heterocycles. The van der Waals surface area contributed by atoms with E-state index in [-0.39, 0.29) is 11.0 Å². The zero-order valence-electron chi connectivity index (χ0n) is 19.1. The first kappa shape index (κ1) is 24.9. The molecule has 3 aromatic rings. The number of rotatable bonds is 9. The fraction of sp³-hybridized carbons (Fsp3) is 0.192. The Kier molecular flexibility index (Phi) is 9.13. The van der Waals surface area contributed by atoms with Crippen LogP contribution in [0.4, 0.5) is 5.69 Å². The van der Waals surface area contributed by atoms with E-state index in [1.54, 1.807) is 67.6 Å². The van der Waals surface area contributed by atoms with E-state index in [0.29, 0.717) is 42.3 Å². The number of hydrogen-bond acceptors (Lipinski definition) is 5. The lowest BCUT2D eigenvalue weighted by atomic mass is 10.1. The summed E-state index contributed by atoms with van der Waals surface area (Å²) in [5.74, 6) is -0.0844. The van der Waals surface area contributed by atoms with E-state index >= 15 is 0 Å². The van der Waals surface area contributed by atoms with Crippen molar-refractivity contribution in [1.82, 2.24) is 10.2 Å². The number of carbonyl (C=O) groups is 2. The Morgan fingerprint density at radius 2 is 1.68 bits per heavy atom. The van der Waals surface area contributed by atoms with Crippen LogP contribution in [0.3, 0.4) is 0 Å². The maximum Gasteiger partial charge on any atom is 0.261 e. The number of methoxy groups -OCH3 is 1. The summed E-state index contributed by atoms with van der Waals surface area (Å²) in [5.41, 5.74) is 2.50. The highest BCUT2D eigenvalue weighted by molar-refractivity contribution is 7.80. The molecule has 0 fully saturated rings. The molecule has 2 amide bonds. The van der Waals surface area contributed by atoms with Gasteiger partial charge in [0.2, 0.25) is 0 Å². The average molecular weight is 478 g/mol. The summed E-state index contributed by atoms with van der Waals surface area (Å²) >= 11 is 5.31. The predicted octanol–water partition coefficient (Wildman–Crippen LogP) is 4.11. The Morgan fingerprint density at radius 1 is 0.941 bits per heavy atom. The quantitative estimate of drug-likeness (QED) is 0.357. The SMILES string of the molecule is COCCOc1ccccc1C(=O)NC(=S)Nc1cccc(C(=O)N(C)Cc2ccccc2)c1. The van der Waals surface area contributed by atoms with Crippen LogP contribution in [0.25, 0.3) is 0 Å². The lowest BCUT2D eigenvalue weighted by Gasteiger charge is -2.18. The van der Waals surface area contributed by atoms with E-state index in [9.17, 15) is 9.59 Å². The number of nitrogens with one attached hydrogen (secondary N) is 2. The highest BCUT2D eigenvalue weighted by atomic mass is 32.1. The number of carbonyl (C=O) groups excluding carboxylic acids is 2. The van der Waals surface area contributed by atoms with Crippen molar-refractivity contribution in [3.63, 3.8) is 0 Å². The molecular formula is C26H27N3O4S. The molecule has 8 heteroatoms. The normalized spacial score (nSPS) is 10.3. The molecule has 2 N–H and O–H groups in total. The van der Waals surface area contributed by atoms with Gasteiger partial charge < -0.3 is 19.7 Å². The average Bonchev–Trinajstić information content (AvgIpc) is 2.84. The van der Waals surface area contributed by atoms with Gasteiger partial charge in [0.25, 0.3) is 11.8 Å². The van der Waals surface area contributed by atoms with Crippen LogP contribution in [0.2, 0.25) is 0 Å². The van der Waals surface area contributed by atoms with Crippen molar-refractivity contribution in [3.8, 4) is 5.75 Å². The second kappa shape index (κ2) is 12.5. The largest absolute Gasteiger partial charge is 0.490 e. The van der Waals surface area contributed by atoms with Crippen molar-refractivity contribution in [2.45, 2.75) is 6.54 Å². The van der Waals surface area contributed by atoms with Gasteiger partial charge in [-0.25, -0.2) is 0 Å². The van der Waals surface area contributed by atoms with Crippen LogP contribution >= 0.6 is 12.2 Å². The van der Waals surface area contributed by atoms with Crippen LogP contribution in [0, 0.1) is 0 Å². The number of thiocarbonyl (C=S) groups is 1. The Bertz CT molecular complexity index is 1140. The van der Waals surface area contributed by atoms with Gasteiger partial charge in [0.1, 0.15) is 12.4 Å². The number of amides is 2. The minimum absolute atomic E-state index is 0.110. The van der Waals surface area contributed by atoms with Crippen molar-refractivity contribution in [3.05, 3.63) is 95.6 Å². The fourth-order valence-electron chi connectivity index (χ4n) is 3.23. The molecule has 176 valence electrons. The van der Waals surface area contributed by atoms with E-state index < -0.39 is 5.91 Å². The van der Waals surface area contributed by atoms with Crippen molar-refractivity contribution >= 4 is 34.8 Å². The van der Waals surface area contributed by atoms with Crippen LogP contribution in [0.5, 0.6) is 5.75 Å². The topological polar surface area (TPSA) is 79.9 Å². The summed E-state index contributed by atoms with van der Waals surface area (Å²) < 4.78 is 10.6. The van der Waals surface area contributed by atoms with Crippen LogP contribution in [0.1, 0.15) is 26.3 Å². The third-order valence-electron chi connectivity index (χ3n) is 4.88. The van der Waals surface area contributed by atoms with E-state index in [1.807, 2.05) is 30.3 Å². The standard InChI is InChI=1S/C26H27N3O4S/c1-29(18-19-9-4-3-5-10-19)25(31)20-11-8-12-21(17-20)27-26(34)28-24(30)22-13-6-7-14-23(22)33-16-15-32-2/h3-14,17H,15-16,18H2,1-2H3,(H2,27,28,30,34). The molecule has 0 saturated carbocycles. The Hall–Kier alpha value is -3.75. The summed E-state index contributed by atoms with van der Waals surface area (Å²) in [7, 11) is 3.34. The molecule has 0 bridgehead atoms. The van der Waals surface area contributed by atoms with Crippen molar-refractivity contribution in [2.75, 3.05) is 32.7 Å². The summed E-state index contributed by atoms with van der Waals surface area (Å²) in [6, 6.07) is 23.6. The summed E-state index contributed by atoms with van der Waals surface area (Å²) in [5, 5.41) is 5.73. The number of benzene rings is 3. The molecule has 34 heavy (non-hydrogen) atoms. The number of hydrogen-bond donors (Lipinski definition) is 2. The molecule has 0 aromatic heterocycles. The molecule has 0 unspecified atom stereocenters. The monoisotopic (exact) mass is 477 g/mol. The number of ether oxygens (including phenoxy) is 2. The first-order valence-electron chi connectivity index (χ1n) is 10.7. The van der Waals surface area contributed by atoms with Crippen molar-refractivity contribution in [1.29, 1.82) is 0 Å². The smallest absolute Gasteiger partial charge is 0.261 e. The molecule has 0 radical (unpaired) electrons. The molecule has 0 spiro atoms. The predicted molar refractivity (Wildman–Crippen MR) is 136 cm³/mol. The van der Waals surface area contributed by atoms with E-state index in [2.05, 4.69) is 10.6 Å². The summed E-state index contributed by atoms with van der Waals surface area (Å²) in [4.78, 5) is 27.2. The third-order valence-corrected chi connectivity index (χ3v) is 5.08. The Balaban J connectivity index is 1.61. The van der Waals surface area contributed by atoms with E-state index in [1.165, 1.54) is 0 Å². The second-order valence-corrected chi connectivity index (χ2v) is 7.88. The molecule has 3 aromatic carbocycles. The molecule has 3 rings (SSSR count). The first-order valence-corrected chi connectivity index (χ1v) is 11.1. The Labute approximate surface area is 204 Å². The third kappa shape index (κ3) is 7.13. The zero-order chi connectivity index (χ0) is 24.3. The molecule has 0 atom stereocenters. The van der Waals surface area contributed by atoms with Gasteiger partial charge >= 0.3 is 0 Å². The van der Waals surface area contributed by atoms with Crippen LogP contribution in [-0.4, -0.2) is 49.2 Å². The first-order chi connectivity index (χ1) is 16.5. The number of anilines is 1. The molecule has 0 aliphatic carbocycles. The van der Waals surface area contributed by atoms with Gasteiger partial charge in [-0.15, -0.1) is 0 Å². The molecule has 0 saturated heterocycles. The van der Waals surface area contributed by atoms with Gasteiger partial charge in [0.05, 0.1) is 12.2 Å². The van der Waals surface area contributed by atoms with Gasteiger partial charge in [-0.2, -0.15) is 0 Å². The van der Waals surface area contributed by atoms with Gasteiger partial charge in [0.15, 0.2) is 5.11 Å². The lowest BCUT2D eigenvalue weighted by molar-refractivity contribution is 0.0785. The van der Waals surface area contributed by atoms with Crippen molar-refractivity contribution < 1.29 is 19.1 Å². The Morgan fingerprint density at radius 3 is 2.44 bits per heavy atom. The van der Waals surface area contributed by atoms with Crippen LogP contribution < -0.4 is 15.4 Å². The molecule has 0 aliphatic heterocycles. The van der Waals surface area contributed by atoms with E-state index in [4.69, 9.17) is 21.7 Å². The van der Waals surface area contributed by atoms with Crippen LogP contribution in [-0.2, 0) is 11.3 Å². The molecular weight excluding hydrogens is 450 g/mol. The van der Waals surface area contributed by atoms with Gasteiger partial charge in [-0.1, -0.05) is 48.5 Å². The van der Waals surface area contributed by atoms with Gasteiger partial charge in [0, 0.05) is 32.0 Å². The van der Waals surface area contributed by atoms with Crippen LogP contribution in [0.15, 0.2) is 78.9 Å². The van der Waals surface area contributed by atoms with Crippen molar-refractivity contribution in [2.24, 2.45) is 0 Å². The lowest BCUT2D eigenvalue weighted by Crippen LogP contribution is -2.34. The highest BCUT2D eigenvalue weighted by Crippen LogP contribution is 2.18. The zero-order valence-corrected chi connectivity index (χ0v) is 19.9. The van der Waals surface area contributed by atoms with E-state index in [0.717, 1.165) is 5.56 Å².